The molecule has 0 amide bonds. The number of benzene rings is 1. The van der Waals surface area contributed by atoms with E-state index >= 15 is 0 Å². The largest absolute Gasteiger partial charge is 0.598 e. The molecule has 5 nitrogen and oxygen atoms in total. The summed E-state index contributed by atoms with van der Waals surface area (Å²) in [5, 5.41) is 9.34. The number of hydrogen-bond acceptors (Lipinski definition) is 5. The van der Waals surface area contributed by atoms with E-state index in [9.17, 15) is 14.2 Å². The van der Waals surface area contributed by atoms with Crippen molar-refractivity contribution >= 4 is 17.0 Å². The van der Waals surface area contributed by atoms with Crippen LogP contribution in [-0.4, -0.2) is 20.8 Å². The van der Waals surface area contributed by atoms with Crippen LogP contribution in [0.15, 0.2) is 36.4 Å². The lowest BCUT2D eigenvalue weighted by molar-refractivity contribution is 0.399. The standard InChI is InChI=1S/C22H27FN4OS/c1-21(2,3)29(28)26-12-11-22(15-7-8-15,16-9-10-18(23)19(25)13-16)20-6-4-5-17(14-24)27-20/h4-6,9-10,13,15,26H,7-8,11-12,25H2,1-3H3. The maximum Gasteiger partial charge on any atom is 0.146 e. The highest BCUT2D eigenvalue weighted by atomic mass is 32.2. The number of nitrogen functional groups attached to an aromatic ring is 1. The van der Waals surface area contributed by atoms with Crippen molar-refractivity contribution in [3.63, 3.8) is 0 Å². The van der Waals surface area contributed by atoms with Gasteiger partial charge in [0.2, 0.25) is 0 Å². The minimum atomic E-state index is -1.20. The zero-order valence-corrected chi connectivity index (χ0v) is 17.9. The van der Waals surface area contributed by atoms with Gasteiger partial charge in [0, 0.05) is 23.3 Å². The Morgan fingerprint density at radius 1 is 1.31 bits per heavy atom. The van der Waals surface area contributed by atoms with Crippen LogP contribution in [0.5, 0.6) is 0 Å². The van der Waals surface area contributed by atoms with Crippen molar-refractivity contribution in [1.82, 2.24) is 9.71 Å². The Kier molecular flexibility index (Phi) is 6.18. The molecule has 2 unspecified atom stereocenters. The number of hydrogen-bond donors (Lipinski definition) is 2. The van der Waals surface area contributed by atoms with Gasteiger partial charge in [-0.25, -0.2) is 9.37 Å². The summed E-state index contributed by atoms with van der Waals surface area (Å²) >= 11 is -1.20. The van der Waals surface area contributed by atoms with Crippen LogP contribution >= 0.6 is 0 Å². The molecule has 1 aromatic carbocycles. The second-order valence-corrected chi connectivity index (χ2v) is 10.6. The molecule has 2 atom stereocenters. The first-order valence-corrected chi connectivity index (χ1v) is 10.9. The highest BCUT2D eigenvalue weighted by molar-refractivity contribution is 7.90. The van der Waals surface area contributed by atoms with Crippen molar-refractivity contribution in [1.29, 1.82) is 5.26 Å². The third-order valence-corrected chi connectivity index (χ3v) is 6.99. The second-order valence-electron chi connectivity index (χ2n) is 8.53. The summed E-state index contributed by atoms with van der Waals surface area (Å²) in [6.45, 7) is 6.25. The Hall–Kier alpha value is -2.14. The van der Waals surface area contributed by atoms with Crippen molar-refractivity contribution in [3.05, 3.63) is 59.2 Å². The highest BCUT2D eigenvalue weighted by Crippen LogP contribution is 2.53. The lowest BCUT2D eigenvalue weighted by Crippen LogP contribution is -2.42. The zero-order chi connectivity index (χ0) is 21.2. The number of rotatable bonds is 7. The molecular weight excluding hydrogens is 387 g/mol. The maximum absolute atomic E-state index is 13.9. The van der Waals surface area contributed by atoms with E-state index in [1.54, 1.807) is 18.2 Å². The topological polar surface area (TPSA) is 97.8 Å². The van der Waals surface area contributed by atoms with Crippen LogP contribution in [0.25, 0.3) is 0 Å². The van der Waals surface area contributed by atoms with Crippen LogP contribution < -0.4 is 10.5 Å². The quantitative estimate of drug-likeness (QED) is 0.530. The molecule has 0 radical (unpaired) electrons. The summed E-state index contributed by atoms with van der Waals surface area (Å²) in [5.41, 5.74) is 7.46. The molecule has 0 bridgehead atoms. The number of nitrogens with two attached hydrogens (primary N) is 1. The summed E-state index contributed by atoms with van der Waals surface area (Å²) in [6.07, 6.45) is 2.64. The Labute approximate surface area is 174 Å². The van der Waals surface area contributed by atoms with Crippen LogP contribution in [0.2, 0.25) is 0 Å². The first-order valence-electron chi connectivity index (χ1n) is 9.77. The molecule has 1 aliphatic carbocycles. The molecule has 1 aliphatic rings. The number of pyridine rings is 1. The summed E-state index contributed by atoms with van der Waals surface area (Å²) < 4.78 is 29.1. The van der Waals surface area contributed by atoms with E-state index < -0.39 is 22.6 Å². The molecule has 1 saturated carbocycles. The van der Waals surface area contributed by atoms with Gasteiger partial charge < -0.3 is 10.3 Å². The van der Waals surface area contributed by atoms with E-state index in [2.05, 4.69) is 15.8 Å². The number of halogens is 1. The van der Waals surface area contributed by atoms with Crippen LogP contribution in [-0.2, 0) is 16.8 Å². The lowest BCUT2D eigenvalue weighted by Gasteiger charge is -2.35. The van der Waals surface area contributed by atoms with Crippen molar-refractivity contribution in [2.45, 2.75) is 50.2 Å². The van der Waals surface area contributed by atoms with Crippen molar-refractivity contribution in [3.8, 4) is 6.07 Å². The molecule has 0 saturated heterocycles. The van der Waals surface area contributed by atoms with Crippen molar-refractivity contribution in [2.24, 2.45) is 5.92 Å². The molecular formula is C22H27FN4OS. The third kappa shape index (κ3) is 4.55. The molecule has 29 heavy (non-hydrogen) atoms. The minimum absolute atomic E-state index is 0.0928. The second kappa shape index (κ2) is 8.31. The molecule has 7 heteroatoms. The Morgan fingerprint density at radius 2 is 2.03 bits per heavy atom. The van der Waals surface area contributed by atoms with Crippen LogP contribution in [0.1, 0.15) is 57.0 Å². The van der Waals surface area contributed by atoms with Gasteiger partial charge in [0.25, 0.3) is 0 Å². The predicted octanol–water partition coefficient (Wildman–Crippen LogP) is 3.81. The third-order valence-electron chi connectivity index (χ3n) is 5.41. The SMILES string of the molecule is CC(C)(C)[S+]([O-])NCCC(c1ccc(F)c(N)c1)(c1cccc(C#N)n1)C1CC1. The van der Waals surface area contributed by atoms with Crippen molar-refractivity contribution < 1.29 is 8.94 Å². The summed E-state index contributed by atoms with van der Waals surface area (Å²) in [7, 11) is 0. The van der Waals surface area contributed by atoms with Gasteiger partial charge in [-0.3, -0.25) is 0 Å². The molecule has 3 rings (SSSR count). The van der Waals surface area contributed by atoms with Crippen molar-refractivity contribution in [2.75, 3.05) is 12.3 Å². The van der Waals surface area contributed by atoms with Crippen LogP contribution in [0.4, 0.5) is 10.1 Å². The number of anilines is 1. The van der Waals surface area contributed by atoms with Gasteiger partial charge in [-0.2, -0.15) is 5.26 Å². The molecule has 0 aliphatic heterocycles. The molecule has 1 aromatic heterocycles. The van der Waals surface area contributed by atoms with E-state index in [0.29, 0.717) is 24.6 Å². The number of nitrogens with one attached hydrogen (secondary N) is 1. The molecule has 2 aromatic rings. The smallest absolute Gasteiger partial charge is 0.146 e. The van der Waals surface area contributed by atoms with E-state index in [4.69, 9.17) is 5.73 Å². The first kappa shape index (κ1) is 21.6. The Bertz CT molecular complexity index is 920. The minimum Gasteiger partial charge on any atom is -0.598 e. The van der Waals surface area contributed by atoms with E-state index in [1.165, 1.54) is 6.07 Å². The molecule has 154 valence electrons. The number of aromatic nitrogens is 1. The lowest BCUT2D eigenvalue weighted by atomic mass is 9.70. The number of nitrogens with zero attached hydrogens (tertiary/aromatic N) is 2. The Balaban J connectivity index is 2.03. The Morgan fingerprint density at radius 3 is 2.62 bits per heavy atom. The average Bonchev–Trinajstić information content (AvgIpc) is 3.52. The normalized spacial score (nSPS) is 17.4. The van der Waals surface area contributed by atoms with Gasteiger partial charge in [0.05, 0.1) is 11.4 Å². The molecule has 1 fully saturated rings. The number of nitriles is 1. The van der Waals surface area contributed by atoms with Gasteiger partial charge in [0.15, 0.2) is 0 Å². The van der Waals surface area contributed by atoms with Crippen LogP contribution in [0, 0.1) is 23.1 Å². The fourth-order valence-corrected chi connectivity index (χ4v) is 4.49. The van der Waals surface area contributed by atoms with E-state index in [-0.39, 0.29) is 10.4 Å². The fourth-order valence-electron chi connectivity index (χ4n) is 3.77. The maximum atomic E-state index is 13.9. The van der Waals surface area contributed by atoms with Gasteiger partial charge in [0.1, 0.15) is 22.3 Å². The zero-order valence-electron chi connectivity index (χ0n) is 17.0. The van der Waals surface area contributed by atoms with Crippen LogP contribution in [0.3, 0.4) is 0 Å². The summed E-state index contributed by atoms with van der Waals surface area (Å²) in [5.74, 6) is -0.150. The predicted molar refractivity (Wildman–Crippen MR) is 114 cm³/mol. The monoisotopic (exact) mass is 414 g/mol. The van der Waals surface area contributed by atoms with Gasteiger partial charge in [-0.1, -0.05) is 12.1 Å². The van der Waals surface area contributed by atoms with E-state index in [0.717, 1.165) is 24.1 Å². The molecule has 3 N–H and O–H groups in total. The highest BCUT2D eigenvalue weighted by Gasteiger charge is 2.49. The van der Waals surface area contributed by atoms with Gasteiger partial charge >= 0.3 is 0 Å². The molecule has 1 heterocycles. The van der Waals surface area contributed by atoms with E-state index in [1.807, 2.05) is 32.9 Å². The molecule has 0 spiro atoms. The summed E-state index contributed by atoms with van der Waals surface area (Å²) in [6, 6.07) is 12.3. The average molecular weight is 415 g/mol. The first-order chi connectivity index (χ1) is 13.7. The summed E-state index contributed by atoms with van der Waals surface area (Å²) in [4.78, 5) is 4.60. The fraction of sp³-hybridized carbons (Fsp3) is 0.455. The van der Waals surface area contributed by atoms with Gasteiger partial charge in [-0.05, 0) is 75.8 Å². The van der Waals surface area contributed by atoms with Gasteiger partial charge in [-0.15, -0.1) is 4.72 Å².